The van der Waals surface area contributed by atoms with Gasteiger partial charge in [-0.05, 0) is 37.5 Å². The summed E-state index contributed by atoms with van der Waals surface area (Å²) in [5.41, 5.74) is 3.49. The molecule has 2 aromatic carbocycles. The molecule has 0 aromatic heterocycles. The fourth-order valence-electron chi connectivity index (χ4n) is 2.09. The van der Waals surface area contributed by atoms with Gasteiger partial charge in [-0.15, -0.1) is 0 Å². The van der Waals surface area contributed by atoms with Gasteiger partial charge >= 0.3 is 0 Å². The SMILES string of the molecule is CCOc1cc(Cl)c(C(Br)Cc2ccc(C)cc2)cc1Cl. The van der Waals surface area contributed by atoms with Crippen LogP contribution in [0.2, 0.25) is 10.0 Å². The molecule has 1 unspecified atom stereocenters. The van der Waals surface area contributed by atoms with E-state index in [0.717, 1.165) is 12.0 Å². The zero-order valence-electron chi connectivity index (χ0n) is 12.0. The van der Waals surface area contributed by atoms with Crippen molar-refractivity contribution in [2.75, 3.05) is 6.61 Å². The zero-order chi connectivity index (χ0) is 15.4. The van der Waals surface area contributed by atoms with E-state index in [2.05, 4.69) is 47.1 Å². The first-order valence-corrected chi connectivity index (χ1v) is 8.49. The smallest absolute Gasteiger partial charge is 0.139 e. The minimum absolute atomic E-state index is 0.112. The van der Waals surface area contributed by atoms with E-state index in [0.29, 0.717) is 22.4 Å². The van der Waals surface area contributed by atoms with Crippen LogP contribution < -0.4 is 4.74 Å². The topological polar surface area (TPSA) is 9.23 Å². The van der Waals surface area contributed by atoms with Crippen molar-refractivity contribution < 1.29 is 4.74 Å². The Bertz CT molecular complexity index is 611. The molecule has 0 aliphatic rings. The van der Waals surface area contributed by atoms with Gasteiger partial charge in [-0.3, -0.25) is 0 Å². The lowest BCUT2D eigenvalue weighted by atomic mass is 10.0. The van der Waals surface area contributed by atoms with Crippen molar-refractivity contribution in [3.63, 3.8) is 0 Å². The summed E-state index contributed by atoms with van der Waals surface area (Å²) in [4.78, 5) is 0.112. The van der Waals surface area contributed by atoms with Gasteiger partial charge in [0.05, 0.1) is 11.6 Å². The molecule has 112 valence electrons. The highest BCUT2D eigenvalue weighted by atomic mass is 79.9. The van der Waals surface area contributed by atoms with Crippen LogP contribution in [-0.4, -0.2) is 6.61 Å². The molecule has 0 fully saturated rings. The maximum atomic E-state index is 6.35. The maximum absolute atomic E-state index is 6.35. The number of rotatable bonds is 5. The van der Waals surface area contributed by atoms with E-state index >= 15 is 0 Å². The largest absolute Gasteiger partial charge is 0.492 e. The summed E-state index contributed by atoms with van der Waals surface area (Å²) in [5.74, 6) is 0.628. The Morgan fingerprint density at radius 1 is 1.10 bits per heavy atom. The summed E-state index contributed by atoms with van der Waals surface area (Å²) in [6.45, 7) is 4.57. The van der Waals surface area contributed by atoms with Gasteiger partial charge in [-0.2, -0.15) is 0 Å². The molecule has 21 heavy (non-hydrogen) atoms. The van der Waals surface area contributed by atoms with Crippen LogP contribution in [0.3, 0.4) is 0 Å². The minimum Gasteiger partial charge on any atom is -0.492 e. The molecule has 0 amide bonds. The second-order valence-corrected chi connectivity index (χ2v) is 6.81. The van der Waals surface area contributed by atoms with Gasteiger partial charge in [0.2, 0.25) is 0 Å². The molecule has 0 bridgehead atoms. The first-order chi connectivity index (χ1) is 10.0. The van der Waals surface area contributed by atoms with Crippen molar-refractivity contribution in [2.45, 2.75) is 25.1 Å². The van der Waals surface area contributed by atoms with E-state index in [1.54, 1.807) is 6.07 Å². The van der Waals surface area contributed by atoms with Crippen molar-refractivity contribution in [1.29, 1.82) is 0 Å². The van der Waals surface area contributed by atoms with Crippen molar-refractivity contribution in [3.05, 3.63) is 63.1 Å². The van der Waals surface area contributed by atoms with E-state index in [4.69, 9.17) is 27.9 Å². The highest BCUT2D eigenvalue weighted by molar-refractivity contribution is 9.09. The molecule has 0 spiro atoms. The number of ether oxygens (including phenoxy) is 1. The van der Waals surface area contributed by atoms with Crippen molar-refractivity contribution in [3.8, 4) is 5.75 Å². The van der Waals surface area contributed by atoms with Crippen molar-refractivity contribution in [2.24, 2.45) is 0 Å². The van der Waals surface area contributed by atoms with Crippen LogP contribution in [0, 0.1) is 6.92 Å². The van der Waals surface area contributed by atoms with E-state index < -0.39 is 0 Å². The lowest BCUT2D eigenvalue weighted by Gasteiger charge is -2.15. The second kappa shape index (κ2) is 7.53. The Kier molecular flexibility index (Phi) is 5.98. The van der Waals surface area contributed by atoms with Gasteiger partial charge in [0, 0.05) is 15.9 Å². The van der Waals surface area contributed by atoms with Crippen LogP contribution in [0.25, 0.3) is 0 Å². The molecule has 2 aromatic rings. The number of hydrogen-bond acceptors (Lipinski definition) is 1. The van der Waals surface area contributed by atoms with Gasteiger partial charge < -0.3 is 4.74 Å². The summed E-state index contributed by atoms with van der Waals surface area (Å²) in [6, 6.07) is 12.2. The molecule has 1 atom stereocenters. The standard InChI is InChI=1S/C17H17BrCl2O/c1-3-21-17-10-15(19)13(9-16(17)20)14(18)8-12-6-4-11(2)5-7-12/h4-7,9-10,14H,3,8H2,1-2H3. The highest BCUT2D eigenvalue weighted by Crippen LogP contribution is 2.38. The highest BCUT2D eigenvalue weighted by Gasteiger charge is 2.15. The normalized spacial score (nSPS) is 12.2. The minimum atomic E-state index is 0.112. The van der Waals surface area contributed by atoms with Gasteiger partial charge in [0.15, 0.2) is 0 Å². The molecule has 0 saturated heterocycles. The van der Waals surface area contributed by atoms with Crippen LogP contribution >= 0.6 is 39.1 Å². The Hall–Kier alpha value is -0.700. The zero-order valence-corrected chi connectivity index (χ0v) is 15.1. The maximum Gasteiger partial charge on any atom is 0.139 e. The molecule has 0 N–H and O–H groups in total. The predicted molar refractivity (Wildman–Crippen MR) is 94.2 cm³/mol. The third kappa shape index (κ3) is 4.38. The van der Waals surface area contributed by atoms with Crippen molar-refractivity contribution >= 4 is 39.1 Å². The molecule has 4 heteroatoms. The van der Waals surface area contributed by atoms with Gasteiger partial charge in [0.1, 0.15) is 5.75 Å². The predicted octanol–water partition coefficient (Wildman–Crippen LogP) is 6.38. The summed E-state index contributed by atoms with van der Waals surface area (Å²) in [7, 11) is 0. The third-order valence-electron chi connectivity index (χ3n) is 3.22. The van der Waals surface area contributed by atoms with E-state index in [-0.39, 0.29) is 4.83 Å². The summed E-state index contributed by atoms with van der Waals surface area (Å²) in [6.07, 6.45) is 0.851. The molecule has 0 radical (unpaired) electrons. The number of hydrogen-bond donors (Lipinski definition) is 0. The van der Waals surface area contributed by atoms with Gasteiger partial charge in [-0.1, -0.05) is 69.0 Å². The Morgan fingerprint density at radius 3 is 2.38 bits per heavy atom. The molecule has 1 nitrogen and oxygen atoms in total. The fourth-order valence-corrected chi connectivity index (χ4v) is 3.49. The molecule has 0 saturated carbocycles. The average molecular weight is 388 g/mol. The summed E-state index contributed by atoms with van der Waals surface area (Å²) in [5, 5.41) is 1.25. The lowest BCUT2D eigenvalue weighted by molar-refractivity contribution is 0.340. The fraction of sp³-hybridized carbons (Fsp3) is 0.294. The van der Waals surface area contributed by atoms with E-state index in [9.17, 15) is 0 Å². The quantitative estimate of drug-likeness (QED) is 0.540. The second-order valence-electron chi connectivity index (χ2n) is 4.89. The van der Waals surface area contributed by atoms with Crippen LogP contribution in [0.1, 0.15) is 28.4 Å². The monoisotopic (exact) mass is 386 g/mol. The van der Waals surface area contributed by atoms with Crippen molar-refractivity contribution in [1.82, 2.24) is 0 Å². The van der Waals surface area contributed by atoms with Crippen LogP contribution in [-0.2, 0) is 6.42 Å². The van der Waals surface area contributed by atoms with Gasteiger partial charge in [-0.25, -0.2) is 0 Å². The number of aryl methyl sites for hydroxylation is 1. The Labute approximate surface area is 144 Å². The number of halogens is 3. The Balaban J connectivity index is 2.20. The van der Waals surface area contributed by atoms with Crippen LogP contribution in [0.4, 0.5) is 0 Å². The molecular weight excluding hydrogens is 371 g/mol. The van der Waals surface area contributed by atoms with Gasteiger partial charge in [0.25, 0.3) is 0 Å². The third-order valence-corrected chi connectivity index (χ3v) is 4.66. The molecule has 0 aliphatic carbocycles. The molecule has 0 aliphatic heterocycles. The average Bonchev–Trinajstić information content (AvgIpc) is 2.45. The molecular formula is C17H17BrCl2O. The van der Waals surface area contributed by atoms with E-state index in [1.165, 1.54) is 11.1 Å². The van der Waals surface area contributed by atoms with Crippen LogP contribution in [0.5, 0.6) is 5.75 Å². The van der Waals surface area contributed by atoms with Crippen LogP contribution in [0.15, 0.2) is 36.4 Å². The molecule has 2 rings (SSSR count). The summed E-state index contributed by atoms with van der Waals surface area (Å²) >= 11 is 16.3. The molecule has 0 heterocycles. The number of benzene rings is 2. The first kappa shape index (κ1) is 16.7. The Morgan fingerprint density at radius 2 is 1.76 bits per heavy atom. The first-order valence-electron chi connectivity index (χ1n) is 6.82. The lowest BCUT2D eigenvalue weighted by Crippen LogP contribution is -1.99. The number of alkyl halides is 1. The van der Waals surface area contributed by atoms with E-state index in [1.807, 2.05) is 13.0 Å². The summed E-state index contributed by atoms with van der Waals surface area (Å²) < 4.78 is 5.45.